The van der Waals surface area contributed by atoms with Gasteiger partial charge in [0.2, 0.25) is 0 Å². The summed E-state index contributed by atoms with van der Waals surface area (Å²) in [4.78, 5) is 0. The van der Waals surface area contributed by atoms with Gasteiger partial charge in [-0.3, -0.25) is 0 Å². The Kier molecular flexibility index (Phi) is 1.89. The van der Waals surface area contributed by atoms with Gasteiger partial charge < -0.3 is 5.11 Å². The summed E-state index contributed by atoms with van der Waals surface area (Å²) in [5.41, 5.74) is 0.749. The van der Waals surface area contributed by atoms with Gasteiger partial charge in [0, 0.05) is 11.1 Å². The molecule has 0 aromatic heterocycles. The second kappa shape index (κ2) is 3.50. The lowest BCUT2D eigenvalue weighted by Gasteiger charge is -2.04. The van der Waals surface area contributed by atoms with Crippen LogP contribution in [-0.2, 0) is 0 Å². The SMILES string of the molecule is [2H]c1ccc(-c2ccccc2O)c(F)c1. The summed E-state index contributed by atoms with van der Waals surface area (Å²) >= 11 is 0. The Morgan fingerprint density at radius 2 is 1.71 bits per heavy atom. The van der Waals surface area contributed by atoms with Gasteiger partial charge in [0.15, 0.2) is 0 Å². The van der Waals surface area contributed by atoms with Crippen LogP contribution in [0.4, 0.5) is 4.39 Å². The number of hydrogen-bond acceptors (Lipinski definition) is 1. The molecule has 0 saturated heterocycles. The van der Waals surface area contributed by atoms with E-state index in [-0.39, 0.29) is 11.8 Å². The standard InChI is InChI=1S/C12H9FO/c13-11-7-3-1-5-9(11)10-6-2-4-8-12(10)14/h1-8,14H/i3D. The molecular weight excluding hydrogens is 179 g/mol. The predicted molar refractivity (Wildman–Crippen MR) is 53.5 cm³/mol. The van der Waals surface area contributed by atoms with Crippen LogP contribution >= 0.6 is 0 Å². The smallest absolute Gasteiger partial charge is 0.131 e. The molecule has 2 aromatic rings. The fourth-order valence-corrected chi connectivity index (χ4v) is 1.33. The van der Waals surface area contributed by atoms with Gasteiger partial charge in [-0.05, 0) is 12.1 Å². The van der Waals surface area contributed by atoms with Crippen LogP contribution in [0.3, 0.4) is 0 Å². The van der Waals surface area contributed by atoms with Gasteiger partial charge in [-0.2, -0.15) is 0 Å². The summed E-state index contributed by atoms with van der Waals surface area (Å²) in [6.07, 6.45) is 0. The van der Waals surface area contributed by atoms with Crippen molar-refractivity contribution in [2.45, 2.75) is 0 Å². The molecule has 0 saturated carbocycles. The second-order valence-electron chi connectivity index (χ2n) is 2.92. The minimum absolute atomic E-state index is 0.0362. The number of hydrogen-bond donors (Lipinski definition) is 1. The molecule has 0 spiro atoms. The fourth-order valence-electron chi connectivity index (χ4n) is 1.33. The first-order chi connectivity index (χ1) is 7.18. The highest BCUT2D eigenvalue weighted by Gasteiger charge is 2.06. The Morgan fingerprint density at radius 1 is 1.00 bits per heavy atom. The average Bonchev–Trinajstić information content (AvgIpc) is 2.20. The van der Waals surface area contributed by atoms with Crippen LogP contribution in [0.5, 0.6) is 5.75 Å². The number of benzene rings is 2. The average molecular weight is 189 g/mol. The Balaban J connectivity index is 2.60. The van der Waals surface area contributed by atoms with Crippen molar-refractivity contribution in [1.29, 1.82) is 0 Å². The Bertz CT molecular complexity index is 497. The van der Waals surface area contributed by atoms with Crippen LogP contribution in [0.25, 0.3) is 11.1 Å². The van der Waals surface area contributed by atoms with Gasteiger partial charge in [0.1, 0.15) is 11.6 Å². The minimum atomic E-state index is -0.496. The maximum Gasteiger partial charge on any atom is 0.131 e. The van der Waals surface area contributed by atoms with Crippen molar-refractivity contribution >= 4 is 0 Å². The Hall–Kier alpha value is -1.83. The third kappa shape index (κ3) is 1.46. The highest BCUT2D eigenvalue weighted by Crippen LogP contribution is 2.29. The summed E-state index contributed by atoms with van der Waals surface area (Å²) in [6, 6.07) is 10.8. The zero-order valence-corrected chi connectivity index (χ0v) is 7.37. The maximum atomic E-state index is 13.5. The van der Waals surface area contributed by atoms with E-state index < -0.39 is 5.82 Å². The van der Waals surface area contributed by atoms with Crippen LogP contribution in [-0.4, -0.2) is 5.11 Å². The zero-order chi connectivity index (χ0) is 10.8. The monoisotopic (exact) mass is 189 g/mol. The molecule has 2 heteroatoms. The van der Waals surface area contributed by atoms with E-state index in [9.17, 15) is 9.50 Å². The van der Waals surface area contributed by atoms with Crippen molar-refractivity contribution in [3.63, 3.8) is 0 Å². The molecule has 0 fully saturated rings. The Morgan fingerprint density at radius 3 is 2.43 bits per heavy atom. The predicted octanol–water partition coefficient (Wildman–Crippen LogP) is 3.20. The quantitative estimate of drug-likeness (QED) is 0.730. The van der Waals surface area contributed by atoms with E-state index in [0.717, 1.165) is 6.07 Å². The van der Waals surface area contributed by atoms with E-state index in [2.05, 4.69) is 0 Å². The number of rotatable bonds is 1. The topological polar surface area (TPSA) is 20.2 Å². The summed E-state index contributed by atoms with van der Waals surface area (Å²) in [7, 11) is 0. The van der Waals surface area contributed by atoms with Gasteiger partial charge in [0.25, 0.3) is 0 Å². The first-order valence-electron chi connectivity index (χ1n) is 4.73. The zero-order valence-electron chi connectivity index (χ0n) is 8.37. The number of halogens is 1. The van der Waals surface area contributed by atoms with E-state index in [1.807, 2.05) is 0 Å². The normalized spacial score (nSPS) is 11.1. The molecule has 0 radical (unpaired) electrons. The molecule has 0 aliphatic heterocycles. The molecule has 14 heavy (non-hydrogen) atoms. The fraction of sp³-hybridized carbons (Fsp3) is 0. The minimum Gasteiger partial charge on any atom is -0.507 e. The lowest BCUT2D eigenvalue weighted by atomic mass is 10.0. The summed E-state index contributed by atoms with van der Waals surface area (Å²) in [5, 5.41) is 9.54. The van der Waals surface area contributed by atoms with E-state index in [0.29, 0.717) is 11.1 Å². The lowest BCUT2D eigenvalue weighted by molar-refractivity contribution is 0.476. The highest BCUT2D eigenvalue weighted by atomic mass is 19.1. The van der Waals surface area contributed by atoms with Crippen molar-refractivity contribution in [2.75, 3.05) is 0 Å². The third-order valence-electron chi connectivity index (χ3n) is 2.01. The molecule has 70 valence electrons. The van der Waals surface area contributed by atoms with Gasteiger partial charge >= 0.3 is 0 Å². The van der Waals surface area contributed by atoms with E-state index >= 15 is 0 Å². The van der Waals surface area contributed by atoms with Crippen LogP contribution in [0, 0.1) is 5.82 Å². The molecule has 0 bridgehead atoms. The van der Waals surface area contributed by atoms with Gasteiger partial charge in [-0.1, -0.05) is 36.4 Å². The van der Waals surface area contributed by atoms with E-state index in [4.69, 9.17) is 1.37 Å². The van der Waals surface area contributed by atoms with E-state index in [1.54, 1.807) is 18.2 Å². The van der Waals surface area contributed by atoms with Crippen molar-refractivity contribution in [2.24, 2.45) is 0 Å². The number of para-hydroxylation sites is 1. The summed E-state index contributed by atoms with van der Waals surface area (Å²) in [5.74, 6) is -0.460. The number of phenols is 1. The van der Waals surface area contributed by atoms with E-state index in [1.165, 1.54) is 18.2 Å². The highest BCUT2D eigenvalue weighted by molar-refractivity contribution is 5.70. The molecule has 2 aromatic carbocycles. The Labute approximate surface area is 82.9 Å². The number of phenolic OH excluding ortho intramolecular Hbond substituents is 1. The van der Waals surface area contributed by atoms with Gasteiger partial charge in [-0.25, -0.2) is 4.39 Å². The molecule has 0 aliphatic carbocycles. The summed E-state index contributed by atoms with van der Waals surface area (Å²) in [6.45, 7) is 0. The van der Waals surface area contributed by atoms with Crippen molar-refractivity contribution in [3.8, 4) is 16.9 Å². The molecule has 0 amide bonds. The molecule has 0 aliphatic rings. The van der Waals surface area contributed by atoms with Crippen molar-refractivity contribution in [3.05, 3.63) is 54.3 Å². The molecule has 2 rings (SSSR count). The van der Waals surface area contributed by atoms with Crippen LogP contribution in [0.15, 0.2) is 48.5 Å². The first-order valence-corrected chi connectivity index (χ1v) is 4.23. The second-order valence-corrected chi connectivity index (χ2v) is 2.92. The lowest BCUT2D eigenvalue weighted by Crippen LogP contribution is -1.83. The van der Waals surface area contributed by atoms with Crippen molar-refractivity contribution in [1.82, 2.24) is 0 Å². The number of aromatic hydroxyl groups is 1. The molecule has 1 N–H and O–H groups in total. The third-order valence-corrected chi connectivity index (χ3v) is 2.01. The van der Waals surface area contributed by atoms with Crippen LogP contribution in [0.2, 0.25) is 0 Å². The van der Waals surface area contributed by atoms with Crippen LogP contribution in [0.1, 0.15) is 1.37 Å². The van der Waals surface area contributed by atoms with Crippen LogP contribution < -0.4 is 0 Å². The molecule has 0 atom stereocenters. The molecule has 0 heterocycles. The molecule has 0 unspecified atom stereocenters. The van der Waals surface area contributed by atoms with Crippen molar-refractivity contribution < 1.29 is 10.9 Å². The molecular formula is C12H9FO. The maximum absolute atomic E-state index is 13.5. The first kappa shape index (κ1) is 7.56. The largest absolute Gasteiger partial charge is 0.507 e. The summed E-state index contributed by atoms with van der Waals surface area (Å²) < 4.78 is 20.7. The molecule has 1 nitrogen and oxygen atoms in total. The van der Waals surface area contributed by atoms with Gasteiger partial charge in [-0.15, -0.1) is 0 Å². The van der Waals surface area contributed by atoms with Gasteiger partial charge in [0.05, 0.1) is 1.37 Å².